The van der Waals surface area contributed by atoms with Gasteiger partial charge in [-0.15, -0.1) is 0 Å². The number of anilines is 1. The Morgan fingerprint density at radius 2 is 1.65 bits per heavy atom. The van der Waals surface area contributed by atoms with Gasteiger partial charge in [0.2, 0.25) is 0 Å². The number of hydrogen-bond donors (Lipinski definition) is 2. The lowest BCUT2D eigenvalue weighted by Gasteiger charge is -2.29. The molecule has 0 saturated carbocycles. The second-order valence-corrected chi connectivity index (χ2v) is 5.46. The molecule has 6 nitrogen and oxygen atoms in total. The molecule has 0 spiro atoms. The molecule has 2 amide bonds. The highest BCUT2D eigenvalue weighted by Crippen LogP contribution is 2.34. The van der Waals surface area contributed by atoms with E-state index in [1.165, 1.54) is 0 Å². The van der Waals surface area contributed by atoms with Crippen molar-refractivity contribution in [2.75, 3.05) is 5.01 Å². The number of nitrogens with two attached hydrogens (primary N) is 1. The van der Waals surface area contributed by atoms with Crippen LogP contribution in [0.3, 0.4) is 0 Å². The molecular weight excluding hydrogens is 290 g/mol. The number of nitrogens with zero attached hydrogens (tertiary/aromatic N) is 3. The number of rotatable bonds is 2. The Labute approximate surface area is 133 Å². The van der Waals surface area contributed by atoms with Gasteiger partial charge in [0.25, 0.3) is 0 Å². The Morgan fingerprint density at radius 3 is 2.35 bits per heavy atom. The van der Waals surface area contributed by atoms with Crippen LogP contribution in [0.15, 0.2) is 70.8 Å². The molecule has 2 aliphatic heterocycles. The molecule has 23 heavy (non-hydrogen) atoms. The van der Waals surface area contributed by atoms with Gasteiger partial charge in [-0.25, -0.2) is 9.80 Å². The van der Waals surface area contributed by atoms with Crippen molar-refractivity contribution in [3.63, 3.8) is 0 Å². The summed E-state index contributed by atoms with van der Waals surface area (Å²) in [6, 6.07) is 18.6. The van der Waals surface area contributed by atoms with Crippen molar-refractivity contribution < 1.29 is 4.79 Å². The first-order valence-corrected chi connectivity index (χ1v) is 7.37. The average molecular weight is 305 g/mol. The molecule has 6 heteroatoms. The number of carbonyl (C=O) groups excluding carboxylic acids is 1. The van der Waals surface area contributed by atoms with Crippen LogP contribution in [-0.2, 0) is 0 Å². The summed E-state index contributed by atoms with van der Waals surface area (Å²) in [5.41, 5.74) is 7.98. The number of amides is 2. The number of aliphatic imine (C=N–C) groups is 1. The summed E-state index contributed by atoms with van der Waals surface area (Å²) in [5, 5.41) is 8.96. The number of benzene rings is 2. The van der Waals surface area contributed by atoms with Gasteiger partial charge in [-0.3, -0.25) is 0 Å². The molecule has 0 aliphatic carbocycles. The van der Waals surface area contributed by atoms with Gasteiger partial charge in [-0.2, -0.15) is 10.1 Å². The Morgan fingerprint density at radius 1 is 1.00 bits per heavy atom. The topological polar surface area (TPSA) is 83.1 Å². The van der Waals surface area contributed by atoms with E-state index in [1.807, 2.05) is 60.7 Å². The number of amidine groups is 2. The van der Waals surface area contributed by atoms with Gasteiger partial charge in [0.15, 0.2) is 0 Å². The third-order valence-electron chi connectivity index (χ3n) is 4.02. The Kier molecular flexibility index (Phi) is 3.08. The molecule has 2 aliphatic rings. The van der Waals surface area contributed by atoms with E-state index in [0.29, 0.717) is 11.7 Å². The van der Waals surface area contributed by atoms with Gasteiger partial charge in [-0.05, 0) is 17.7 Å². The van der Waals surface area contributed by atoms with E-state index in [4.69, 9.17) is 5.73 Å². The smallest absolute Gasteiger partial charge is 0.343 e. The van der Waals surface area contributed by atoms with Crippen LogP contribution in [0.1, 0.15) is 11.6 Å². The summed E-state index contributed by atoms with van der Waals surface area (Å²) in [6.07, 6.45) is 0. The van der Waals surface area contributed by atoms with Crippen LogP contribution in [-0.4, -0.2) is 17.7 Å². The van der Waals surface area contributed by atoms with Crippen molar-refractivity contribution in [1.29, 1.82) is 0 Å². The molecule has 0 aromatic heterocycles. The van der Waals surface area contributed by atoms with E-state index in [0.717, 1.165) is 11.3 Å². The zero-order valence-corrected chi connectivity index (χ0v) is 12.3. The number of hydrogen-bond acceptors (Lipinski definition) is 4. The van der Waals surface area contributed by atoms with Crippen LogP contribution in [0.4, 0.5) is 10.5 Å². The second-order valence-electron chi connectivity index (χ2n) is 5.46. The minimum atomic E-state index is -0.379. The molecule has 0 saturated heterocycles. The predicted octanol–water partition coefficient (Wildman–Crippen LogP) is 2.26. The second kappa shape index (κ2) is 5.24. The molecule has 2 heterocycles. The predicted molar refractivity (Wildman–Crippen MR) is 89.2 cm³/mol. The molecule has 2 aromatic carbocycles. The van der Waals surface area contributed by atoms with E-state index in [1.54, 1.807) is 5.01 Å². The van der Waals surface area contributed by atoms with Crippen molar-refractivity contribution >= 4 is 23.4 Å². The van der Waals surface area contributed by atoms with Crippen LogP contribution in [0.2, 0.25) is 0 Å². The Balaban J connectivity index is 1.78. The Bertz CT molecular complexity index is 800. The SMILES string of the molecule is NC1=NN(c2ccccc2)C2=NC(=O)NC(c3ccccc3)C12. The summed E-state index contributed by atoms with van der Waals surface area (Å²) < 4.78 is 0. The average Bonchev–Trinajstić information content (AvgIpc) is 2.92. The largest absolute Gasteiger partial charge is 0.385 e. The molecule has 2 aromatic rings. The lowest BCUT2D eigenvalue weighted by molar-refractivity contribution is 0.242. The Hall–Kier alpha value is -3.15. The molecule has 114 valence electrons. The number of carbonyl (C=O) groups is 1. The first kappa shape index (κ1) is 13.5. The normalized spacial score (nSPS) is 23.0. The van der Waals surface area contributed by atoms with Gasteiger partial charge in [-0.1, -0.05) is 48.5 Å². The zero-order chi connectivity index (χ0) is 15.8. The monoisotopic (exact) mass is 305 g/mol. The fourth-order valence-corrected chi connectivity index (χ4v) is 2.98. The molecule has 3 N–H and O–H groups in total. The van der Waals surface area contributed by atoms with Gasteiger partial charge in [0.05, 0.1) is 11.7 Å². The molecular formula is C17H15N5O. The third kappa shape index (κ3) is 2.24. The van der Waals surface area contributed by atoms with Crippen LogP contribution < -0.4 is 16.1 Å². The highest BCUT2D eigenvalue weighted by Gasteiger charge is 2.43. The van der Waals surface area contributed by atoms with Crippen LogP contribution in [0.5, 0.6) is 0 Å². The van der Waals surface area contributed by atoms with Crippen LogP contribution >= 0.6 is 0 Å². The summed E-state index contributed by atoms with van der Waals surface area (Å²) in [5.74, 6) is 0.739. The highest BCUT2D eigenvalue weighted by molar-refractivity contribution is 6.21. The number of para-hydroxylation sites is 1. The van der Waals surface area contributed by atoms with Crippen LogP contribution in [0, 0.1) is 5.92 Å². The van der Waals surface area contributed by atoms with E-state index in [9.17, 15) is 4.79 Å². The number of urea groups is 1. The van der Waals surface area contributed by atoms with E-state index >= 15 is 0 Å². The lowest BCUT2D eigenvalue weighted by Crippen LogP contribution is -2.46. The molecule has 2 atom stereocenters. The first-order chi connectivity index (χ1) is 11.2. The van der Waals surface area contributed by atoms with Crippen molar-refractivity contribution in [2.45, 2.75) is 6.04 Å². The first-order valence-electron chi connectivity index (χ1n) is 7.37. The number of fused-ring (bicyclic) bond motifs is 1. The van der Waals surface area contributed by atoms with Gasteiger partial charge in [0.1, 0.15) is 17.6 Å². The summed E-state index contributed by atoms with van der Waals surface area (Å²) in [4.78, 5) is 16.2. The molecule has 0 bridgehead atoms. The van der Waals surface area contributed by atoms with Crippen molar-refractivity contribution in [3.05, 3.63) is 66.2 Å². The minimum Gasteiger partial charge on any atom is -0.385 e. The minimum absolute atomic E-state index is 0.268. The standard InChI is InChI=1S/C17H15N5O/c18-15-13-14(11-7-3-1-4-8-11)19-17(23)20-16(13)22(21-15)12-9-5-2-6-10-12/h1-10,13-14H,(H2,18,21)(H,19,23). The maximum Gasteiger partial charge on any atom is 0.343 e. The molecule has 0 fully saturated rings. The number of nitrogens with one attached hydrogen (secondary N) is 1. The maximum atomic E-state index is 12.1. The summed E-state index contributed by atoms with van der Waals surface area (Å²) >= 11 is 0. The van der Waals surface area contributed by atoms with Crippen LogP contribution in [0.25, 0.3) is 0 Å². The maximum absolute atomic E-state index is 12.1. The van der Waals surface area contributed by atoms with Gasteiger partial charge < -0.3 is 11.1 Å². The van der Waals surface area contributed by atoms with E-state index < -0.39 is 0 Å². The van der Waals surface area contributed by atoms with Crippen molar-refractivity contribution in [1.82, 2.24) is 5.32 Å². The zero-order valence-electron chi connectivity index (χ0n) is 12.3. The summed E-state index contributed by atoms with van der Waals surface area (Å²) in [6.45, 7) is 0. The van der Waals surface area contributed by atoms with Gasteiger partial charge in [0, 0.05) is 0 Å². The highest BCUT2D eigenvalue weighted by atomic mass is 16.2. The summed E-state index contributed by atoms with van der Waals surface area (Å²) in [7, 11) is 0. The van der Waals surface area contributed by atoms with Crippen molar-refractivity contribution in [2.24, 2.45) is 21.7 Å². The molecule has 0 radical (unpaired) electrons. The fourth-order valence-electron chi connectivity index (χ4n) is 2.98. The molecule has 4 rings (SSSR count). The van der Waals surface area contributed by atoms with E-state index in [-0.39, 0.29) is 18.0 Å². The lowest BCUT2D eigenvalue weighted by atomic mass is 9.90. The number of hydrazone groups is 1. The van der Waals surface area contributed by atoms with Gasteiger partial charge >= 0.3 is 6.03 Å². The quantitative estimate of drug-likeness (QED) is 0.892. The third-order valence-corrected chi connectivity index (χ3v) is 4.02. The van der Waals surface area contributed by atoms with E-state index in [2.05, 4.69) is 15.4 Å². The van der Waals surface area contributed by atoms with Crippen molar-refractivity contribution in [3.8, 4) is 0 Å². The fraction of sp³-hybridized carbons (Fsp3) is 0.118. The molecule has 2 unspecified atom stereocenters.